The Kier molecular flexibility index (Phi) is 6.69. The Morgan fingerprint density at radius 3 is 2.58 bits per heavy atom. The van der Waals surface area contributed by atoms with Crippen LogP contribution >= 0.6 is 0 Å². The predicted molar refractivity (Wildman–Crippen MR) is 119 cm³/mol. The molecule has 10 heteroatoms. The van der Waals surface area contributed by atoms with Crippen LogP contribution in [0.5, 0.6) is 0 Å². The van der Waals surface area contributed by atoms with Crippen LogP contribution in [0.15, 0.2) is 30.6 Å². The Hall–Kier alpha value is -3.14. The smallest absolute Gasteiger partial charge is 0.315 e. The van der Waals surface area contributed by atoms with E-state index in [0.717, 1.165) is 4.90 Å². The zero-order valence-corrected chi connectivity index (χ0v) is 19.4. The number of ether oxygens (including phenoxy) is 1. The maximum absolute atomic E-state index is 15.0. The number of amides is 2. The molecular weight excluding hydrogens is 432 g/mol. The third kappa shape index (κ3) is 4.52. The first kappa shape index (κ1) is 24.5. The van der Waals surface area contributed by atoms with Crippen LogP contribution in [-0.2, 0) is 26.3 Å². The van der Waals surface area contributed by atoms with Crippen molar-refractivity contribution in [1.29, 1.82) is 0 Å². The summed E-state index contributed by atoms with van der Waals surface area (Å²) in [6, 6.07) is 4.93. The van der Waals surface area contributed by atoms with Crippen molar-refractivity contribution < 1.29 is 23.1 Å². The molecule has 1 unspecified atom stereocenters. The van der Waals surface area contributed by atoms with Gasteiger partial charge in [0.25, 0.3) is 5.92 Å². The van der Waals surface area contributed by atoms with Crippen LogP contribution in [-0.4, -0.2) is 45.9 Å². The highest BCUT2D eigenvalue weighted by molar-refractivity contribution is 6.39. The molecule has 0 saturated carbocycles. The SMILES string of the molecule is CCc1cc(NC(=O)C(=O)N2C(OC)[C@@H](C)C(F)(F)C[C@@]2(C)c2ccc(C)nc2)cnc1N. The first-order chi connectivity index (χ1) is 15.4. The van der Waals surface area contributed by atoms with Gasteiger partial charge in [-0.3, -0.25) is 19.5 Å². The van der Waals surface area contributed by atoms with E-state index in [9.17, 15) is 9.59 Å². The van der Waals surface area contributed by atoms with Gasteiger partial charge in [0.2, 0.25) is 0 Å². The van der Waals surface area contributed by atoms with Gasteiger partial charge in [-0.25, -0.2) is 13.8 Å². The van der Waals surface area contributed by atoms with E-state index in [2.05, 4.69) is 15.3 Å². The Bertz CT molecular complexity index is 1050. The van der Waals surface area contributed by atoms with Gasteiger partial charge in [-0.2, -0.15) is 0 Å². The zero-order chi connectivity index (χ0) is 24.6. The van der Waals surface area contributed by atoms with Gasteiger partial charge in [0.15, 0.2) is 0 Å². The van der Waals surface area contributed by atoms with E-state index in [0.29, 0.717) is 29.1 Å². The fraction of sp³-hybridized carbons (Fsp3) is 0.478. The second-order valence-electron chi connectivity index (χ2n) is 8.57. The number of nitrogens with one attached hydrogen (secondary N) is 1. The van der Waals surface area contributed by atoms with Crippen LogP contribution in [0, 0.1) is 12.8 Å². The number of aromatic nitrogens is 2. The molecular formula is C23H29F2N5O3. The number of rotatable bonds is 4. The predicted octanol–water partition coefficient (Wildman–Crippen LogP) is 3.26. The average Bonchev–Trinajstić information content (AvgIpc) is 2.76. The number of nitrogens with two attached hydrogens (primary N) is 1. The van der Waals surface area contributed by atoms with Crippen molar-refractivity contribution in [3.05, 3.63) is 47.4 Å². The minimum Gasteiger partial charge on any atom is -0.383 e. The highest BCUT2D eigenvalue weighted by atomic mass is 19.3. The number of anilines is 2. The number of carbonyl (C=O) groups excluding carboxylic acids is 2. The van der Waals surface area contributed by atoms with Gasteiger partial charge < -0.3 is 15.8 Å². The van der Waals surface area contributed by atoms with Crippen molar-refractivity contribution in [1.82, 2.24) is 14.9 Å². The number of likely N-dealkylation sites (tertiary alicyclic amines) is 1. The van der Waals surface area contributed by atoms with Crippen LogP contribution in [0.2, 0.25) is 0 Å². The minimum atomic E-state index is -3.15. The van der Waals surface area contributed by atoms with Gasteiger partial charge in [0, 0.05) is 25.4 Å². The number of nitrogens with zero attached hydrogens (tertiary/aromatic N) is 3. The summed E-state index contributed by atoms with van der Waals surface area (Å²) in [5.74, 6) is -6.15. The highest BCUT2D eigenvalue weighted by Gasteiger charge is 2.60. The summed E-state index contributed by atoms with van der Waals surface area (Å²) >= 11 is 0. The average molecular weight is 462 g/mol. The molecule has 2 aromatic heterocycles. The Morgan fingerprint density at radius 1 is 1.30 bits per heavy atom. The highest BCUT2D eigenvalue weighted by Crippen LogP contribution is 2.50. The molecule has 0 aliphatic carbocycles. The van der Waals surface area contributed by atoms with Crippen molar-refractivity contribution in [2.75, 3.05) is 18.2 Å². The minimum absolute atomic E-state index is 0.280. The summed E-state index contributed by atoms with van der Waals surface area (Å²) in [5, 5.41) is 2.51. The Labute approximate surface area is 191 Å². The molecule has 1 aliphatic heterocycles. The summed E-state index contributed by atoms with van der Waals surface area (Å²) in [4.78, 5) is 35.7. The first-order valence-corrected chi connectivity index (χ1v) is 10.7. The largest absolute Gasteiger partial charge is 0.383 e. The van der Waals surface area contributed by atoms with Crippen LogP contribution in [0.3, 0.4) is 0 Å². The van der Waals surface area contributed by atoms with E-state index in [1.807, 2.05) is 6.92 Å². The molecule has 2 amide bonds. The topological polar surface area (TPSA) is 110 Å². The van der Waals surface area contributed by atoms with Gasteiger partial charge in [0.1, 0.15) is 12.0 Å². The fourth-order valence-corrected chi connectivity index (χ4v) is 4.26. The quantitative estimate of drug-likeness (QED) is 0.677. The number of alkyl halides is 2. The van der Waals surface area contributed by atoms with E-state index in [-0.39, 0.29) is 5.69 Å². The van der Waals surface area contributed by atoms with Gasteiger partial charge in [-0.15, -0.1) is 0 Å². The molecule has 8 nitrogen and oxygen atoms in total. The molecule has 0 aromatic carbocycles. The molecule has 0 spiro atoms. The molecule has 1 fully saturated rings. The summed E-state index contributed by atoms with van der Waals surface area (Å²) in [7, 11) is 1.24. The van der Waals surface area contributed by atoms with Crippen LogP contribution in [0.1, 0.15) is 44.0 Å². The molecule has 0 radical (unpaired) electrons. The number of carbonyl (C=O) groups is 2. The number of hydrogen-bond donors (Lipinski definition) is 2. The van der Waals surface area contributed by atoms with Crippen LogP contribution in [0.4, 0.5) is 20.3 Å². The molecule has 3 rings (SSSR count). The standard InChI is InChI=1S/C23H29F2N5O3/c1-6-15-9-17(11-28-18(15)26)29-19(31)20(32)30-21(33-5)14(3)23(24,25)12-22(30,4)16-8-7-13(2)27-10-16/h7-11,14,21H,6,12H2,1-5H3,(H2,26,28)(H,29,31)/t14-,21?,22+/m1/s1. The number of halogens is 2. The van der Waals surface area contributed by atoms with Crippen LogP contribution in [0.25, 0.3) is 0 Å². The lowest BCUT2D eigenvalue weighted by molar-refractivity contribution is -0.235. The number of aryl methyl sites for hydroxylation is 2. The monoisotopic (exact) mass is 461 g/mol. The first-order valence-electron chi connectivity index (χ1n) is 10.7. The summed E-state index contributed by atoms with van der Waals surface area (Å²) in [6.45, 7) is 6.44. The number of nitrogen functional groups attached to an aromatic ring is 1. The number of hydrogen-bond acceptors (Lipinski definition) is 6. The summed E-state index contributed by atoms with van der Waals surface area (Å²) in [5.41, 5.74) is 6.32. The molecule has 3 atom stereocenters. The third-order valence-corrected chi connectivity index (χ3v) is 6.29. The second-order valence-corrected chi connectivity index (χ2v) is 8.57. The Balaban J connectivity index is 2.02. The Morgan fingerprint density at radius 2 is 2.00 bits per heavy atom. The van der Waals surface area contributed by atoms with Crippen molar-refractivity contribution in [2.24, 2.45) is 5.92 Å². The molecule has 2 aromatic rings. The lowest BCUT2D eigenvalue weighted by atomic mass is 9.76. The van der Waals surface area contributed by atoms with Gasteiger partial charge >= 0.3 is 11.8 Å². The lowest BCUT2D eigenvalue weighted by Crippen LogP contribution is -2.66. The molecule has 33 heavy (non-hydrogen) atoms. The van der Waals surface area contributed by atoms with Gasteiger partial charge in [-0.05, 0) is 43.5 Å². The normalized spacial score (nSPS) is 24.4. The molecule has 1 aliphatic rings. The number of pyridine rings is 2. The third-order valence-electron chi connectivity index (χ3n) is 6.29. The molecule has 0 bridgehead atoms. The summed E-state index contributed by atoms with van der Waals surface area (Å²) < 4.78 is 35.4. The van der Waals surface area contributed by atoms with E-state index >= 15 is 8.78 Å². The molecule has 3 heterocycles. The van der Waals surface area contributed by atoms with Crippen LogP contribution < -0.4 is 11.1 Å². The molecule has 178 valence electrons. The molecule has 1 saturated heterocycles. The van der Waals surface area contributed by atoms with Gasteiger partial charge in [0.05, 0.1) is 23.3 Å². The number of methoxy groups -OCH3 is 1. The van der Waals surface area contributed by atoms with Gasteiger partial charge in [-0.1, -0.05) is 19.9 Å². The summed E-state index contributed by atoms with van der Waals surface area (Å²) in [6.07, 6.45) is 1.34. The van der Waals surface area contributed by atoms with E-state index < -0.39 is 41.8 Å². The zero-order valence-electron chi connectivity index (χ0n) is 19.4. The van der Waals surface area contributed by atoms with Crippen molar-refractivity contribution in [3.8, 4) is 0 Å². The second kappa shape index (κ2) is 9.01. The fourth-order valence-electron chi connectivity index (χ4n) is 4.26. The lowest BCUT2D eigenvalue weighted by Gasteiger charge is -2.53. The number of piperidine rings is 1. The molecule has 3 N–H and O–H groups in total. The maximum Gasteiger partial charge on any atom is 0.315 e. The van der Waals surface area contributed by atoms with Crippen molar-refractivity contribution in [2.45, 2.75) is 58.2 Å². The van der Waals surface area contributed by atoms with E-state index in [1.165, 1.54) is 33.4 Å². The maximum atomic E-state index is 15.0. The van der Waals surface area contributed by atoms with E-state index in [1.54, 1.807) is 25.1 Å². The van der Waals surface area contributed by atoms with E-state index in [4.69, 9.17) is 10.5 Å². The van der Waals surface area contributed by atoms with Crippen molar-refractivity contribution >= 4 is 23.3 Å². The van der Waals surface area contributed by atoms with Crippen molar-refractivity contribution in [3.63, 3.8) is 0 Å².